The molecule has 1 aromatic carbocycles. The van der Waals surface area contributed by atoms with Crippen molar-refractivity contribution >= 4 is 23.2 Å². The van der Waals surface area contributed by atoms with Gasteiger partial charge in [0.2, 0.25) is 0 Å². The van der Waals surface area contributed by atoms with Crippen molar-refractivity contribution in [3.8, 4) is 0 Å². The number of halogens is 2. The first-order valence-corrected chi connectivity index (χ1v) is 7.57. The minimum absolute atomic E-state index is 0.332. The lowest BCUT2D eigenvalue weighted by Crippen LogP contribution is -2.29. The molecule has 0 heterocycles. The van der Waals surface area contributed by atoms with Crippen LogP contribution in [0.2, 0.25) is 10.0 Å². The van der Waals surface area contributed by atoms with E-state index in [9.17, 15) is 0 Å². The lowest BCUT2D eigenvalue weighted by molar-refractivity contribution is 0.306. The van der Waals surface area contributed by atoms with Gasteiger partial charge < -0.3 is 5.32 Å². The first-order valence-electron chi connectivity index (χ1n) is 6.81. The summed E-state index contributed by atoms with van der Waals surface area (Å²) in [6.45, 7) is 5.45. The SMILES string of the molecule is CCNC(c1cc(Cl)ccc1Cl)C1CCCC1C. The molecule has 1 N–H and O–H groups in total. The Morgan fingerprint density at radius 3 is 2.72 bits per heavy atom. The highest BCUT2D eigenvalue weighted by molar-refractivity contribution is 6.33. The Bertz CT molecular complexity index is 405. The molecule has 1 fully saturated rings. The number of hydrogen-bond donors (Lipinski definition) is 1. The highest BCUT2D eigenvalue weighted by atomic mass is 35.5. The van der Waals surface area contributed by atoms with Gasteiger partial charge in [-0.05, 0) is 48.6 Å². The molecule has 1 aliphatic rings. The predicted molar refractivity (Wildman–Crippen MR) is 79.4 cm³/mol. The van der Waals surface area contributed by atoms with Crippen LogP contribution in [0.1, 0.15) is 44.7 Å². The second-order valence-corrected chi connectivity index (χ2v) is 6.12. The minimum Gasteiger partial charge on any atom is -0.310 e. The van der Waals surface area contributed by atoms with Gasteiger partial charge in [-0.15, -0.1) is 0 Å². The number of nitrogens with one attached hydrogen (secondary N) is 1. The van der Waals surface area contributed by atoms with E-state index >= 15 is 0 Å². The quantitative estimate of drug-likeness (QED) is 0.813. The van der Waals surface area contributed by atoms with Gasteiger partial charge in [0.1, 0.15) is 0 Å². The molecule has 18 heavy (non-hydrogen) atoms. The molecule has 3 heteroatoms. The number of hydrogen-bond acceptors (Lipinski definition) is 1. The summed E-state index contributed by atoms with van der Waals surface area (Å²) >= 11 is 12.5. The van der Waals surface area contributed by atoms with Crippen molar-refractivity contribution in [2.75, 3.05) is 6.54 Å². The van der Waals surface area contributed by atoms with E-state index in [0.29, 0.717) is 12.0 Å². The molecule has 100 valence electrons. The molecule has 3 atom stereocenters. The van der Waals surface area contributed by atoms with Crippen molar-refractivity contribution < 1.29 is 0 Å². The van der Waals surface area contributed by atoms with Gasteiger partial charge in [0.05, 0.1) is 0 Å². The van der Waals surface area contributed by atoms with Crippen molar-refractivity contribution in [3.63, 3.8) is 0 Å². The van der Waals surface area contributed by atoms with Crippen LogP contribution < -0.4 is 5.32 Å². The Morgan fingerprint density at radius 2 is 2.11 bits per heavy atom. The monoisotopic (exact) mass is 285 g/mol. The van der Waals surface area contributed by atoms with Gasteiger partial charge in [0.15, 0.2) is 0 Å². The largest absolute Gasteiger partial charge is 0.310 e. The summed E-state index contributed by atoms with van der Waals surface area (Å²) in [5.41, 5.74) is 1.16. The topological polar surface area (TPSA) is 12.0 Å². The van der Waals surface area contributed by atoms with Crippen molar-refractivity contribution in [1.29, 1.82) is 0 Å². The highest BCUT2D eigenvalue weighted by Crippen LogP contribution is 2.42. The van der Waals surface area contributed by atoms with Crippen molar-refractivity contribution in [2.45, 2.75) is 39.2 Å². The second kappa shape index (κ2) is 6.27. The molecule has 1 saturated carbocycles. The zero-order valence-corrected chi connectivity index (χ0v) is 12.6. The van der Waals surface area contributed by atoms with E-state index in [1.807, 2.05) is 18.2 Å². The molecule has 0 aromatic heterocycles. The van der Waals surface area contributed by atoms with Gasteiger partial charge in [-0.2, -0.15) is 0 Å². The van der Waals surface area contributed by atoms with Crippen LogP contribution >= 0.6 is 23.2 Å². The first-order chi connectivity index (χ1) is 8.63. The molecular formula is C15H21Cl2N. The number of benzene rings is 1. The van der Waals surface area contributed by atoms with Gasteiger partial charge in [-0.1, -0.05) is 49.9 Å². The Balaban J connectivity index is 2.31. The normalized spacial score (nSPS) is 25.3. The Kier molecular flexibility index (Phi) is 4.94. The minimum atomic E-state index is 0.332. The fourth-order valence-electron chi connectivity index (χ4n) is 3.13. The fraction of sp³-hybridized carbons (Fsp3) is 0.600. The van der Waals surface area contributed by atoms with Gasteiger partial charge in [0.25, 0.3) is 0 Å². The second-order valence-electron chi connectivity index (χ2n) is 5.27. The van der Waals surface area contributed by atoms with Crippen LogP contribution in [0.5, 0.6) is 0 Å². The van der Waals surface area contributed by atoms with Crippen molar-refractivity contribution in [1.82, 2.24) is 5.32 Å². The highest BCUT2D eigenvalue weighted by Gasteiger charge is 2.32. The van der Waals surface area contributed by atoms with E-state index in [2.05, 4.69) is 19.2 Å². The summed E-state index contributed by atoms with van der Waals surface area (Å²) in [6.07, 6.45) is 3.93. The Hall–Kier alpha value is -0.240. The summed E-state index contributed by atoms with van der Waals surface area (Å²) < 4.78 is 0. The van der Waals surface area contributed by atoms with Crippen LogP contribution in [0, 0.1) is 11.8 Å². The van der Waals surface area contributed by atoms with E-state index in [1.54, 1.807) is 0 Å². The van der Waals surface area contributed by atoms with Crippen LogP contribution in [0.4, 0.5) is 0 Å². The molecule has 0 radical (unpaired) electrons. The smallest absolute Gasteiger partial charge is 0.0454 e. The molecule has 1 nitrogen and oxygen atoms in total. The molecule has 0 amide bonds. The van der Waals surface area contributed by atoms with Gasteiger partial charge in [0, 0.05) is 16.1 Å². The summed E-state index contributed by atoms with van der Waals surface area (Å²) in [6, 6.07) is 6.11. The third-order valence-corrected chi connectivity index (χ3v) is 4.65. The molecule has 1 aliphatic carbocycles. The molecular weight excluding hydrogens is 265 g/mol. The lowest BCUT2D eigenvalue weighted by Gasteiger charge is -2.29. The van der Waals surface area contributed by atoms with Gasteiger partial charge in [-0.3, -0.25) is 0 Å². The van der Waals surface area contributed by atoms with Crippen LogP contribution in [0.15, 0.2) is 18.2 Å². The Labute approximate surface area is 120 Å². The zero-order valence-electron chi connectivity index (χ0n) is 11.0. The van der Waals surface area contributed by atoms with Crippen LogP contribution in [0.25, 0.3) is 0 Å². The molecule has 2 rings (SSSR count). The average Bonchev–Trinajstić information content (AvgIpc) is 2.76. The maximum absolute atomic E-state index is 6.35. The van der Waals surface area contributed by atoms with Crippen LogP contribution in [0.3, 0.4) is 0 Å². The van der Waals surface area contributed by atoms with Crippen LogP contribution in [-0.2, 0) is 0 Å². The van der Waals surface area contributed by atoms with Crippen molar-refractivity contribution in [2.24, 2.45) is 11.8 Å². The van der Waals surface area contributed by atoms with Crippen LogP contribution in [-0.4, -0.2) is 6.54 Å². The maximum atomic E-state index is 6.35. The van der Waals surface area contributed by atoms with E-state index in [-0.39, 0.29) is 0 Å². The van der Waals surface area contributed by atoms with E-state index in [1.165, 1.54) is 19.3 Å². The molecule has 0 aliphatic heterocycles. The molecule has 3 unspecified atom stereocenters. The van der Waals surface area contributed by atoms with Crippen molar-refractivity contribution in [3.05, 3.63) is 33.8 Å². The van der Waals surface area contributed by atoms with E-state index in [0.717, 1.165) is 28.1 Å². The Morgan fingerprint density at radius 1 is 1.33 bits per heavy atom. The summed E-state index contributed by atoms with van der Waals surface area (Å²) in [5.74, 6) is 1.42. The molecule has 0 bridgehead atoms. The molecule has 0 spiro atoms. The molecule has 0 saturated heterocycles. The van der Waals surface area contributed by atoms with E-state index in [4.69, 9.17) is 23.2 Å². The fourth-order valence-corrected chi connectivity index (χ4v) is 3.55. The molecule has 1 aromatic rings. The zero-order chi connectivity index (χ0) is 13.1. The average molecular weight is 286 g/mol. The summed E-state index contributed by atoms with van der Waals surface area (Å²) in [5, 5.41) is 5.19. The number of rotatable bonds is 4. The maximum Gasteiger partial charge on any atom is 0.0454 e. The third-order valence-electron chi connectivity index (χ3n) is 4.07. The van der Waals surface area contributed by atoms with Gasteiger partial charge in [-0.25, -0.2) is 0 Å². The summed E-state index contributed by atoms with van der Waals surface area (Å²) in [4.78, 5) is 0. The summed E-state index contributed by atoms with van der Waals surface area (Å²) in [7, 11) is 0. The first kappa shape index (κ1) is 14.2. The predicted octanol–water partition coefficient (Wildman–Crippen LogP) is 5.08. The van der Waals surface area contributed by atoms with E-state index < -0.39 is 0 Å². The third kappa shape index (κ3) is 3.01. The standard InChI is InChI=1S/C15H21Cl2N/c1-3-18-15(12-6-4-5-10(12)2)13-9-11(16)7-8-14(13)17/h7-10,12,15,18H,3-6H2,1-2H3. The lowest BCUT2D eigenvalue weighted by atomic mass is 9.86. The van der Waals surface area contributed by atoms with Gasteiger partial charge >= 0.3 is 0 Å².